The highest BCUT2D eigenvalue weighted by molar-refractivity contribution is 5.88. The summed E-state index contributed by atoms with van der Waals surface area (Å²) in [6.07, 6.45) is 0. The fraction of sp³-hybridized carbons (Fsp3) is 0.231. The van der Waals surface area contributed by atoms with Crippen molar-refractivity contribution in [2.24, 2.45) is 0 Å². The zero-order valence-corrected chi connectivity index (χ0v) is 18.7. The maximum atomic E-state index is 9.53. The first-order valence-corrected chi connectivity index (χ1v) is 11.0. The van der Waals surface area contributed by atoms with E-state index in [1.807, 2.05) is 30.3 Å². The van der Waals surface area contributed by atoms with Gasteiger partial charge < -0.3 is 19.4 Å². The number of ether oxygens (including phenoxy) is 1. The molecule has 0 atom stereocenters. The standard InChI is InChI=1S/C26H26N4O3/c1-17-23-22(19-8-4-3-5-9-19)14-21(16-32-2)24(17)30(27-11-12-31)15-18-7-6-10-20(13-18)25-28-26(23)33-29-25/h3-10,13-14,27,31H,11-12,15-16H2,1-2H3. The van der Waals surface area contributed by atoms with Gasteiger partial charge in [-0.25, -0.2) is 5.43 Å². The minimum atomic E-state index is 0.0246. The number of hydrogen-bond donors (Lipinski definition) is 2. The van der Waals surface area contributed by atoms with Crippen LogP contribution in [0.2, 0.25) is 0 Å². The van der Waals surface area contributed by atoms with Gasteiger partial charge in [-0.2, -0.15) is 4.98 Å². The number of aliphatic hydroxyl groups is 1. The van der Waals surface area contributed by atoms with Crippen LogP contribution >= 0.6 is 0 Å². The summed E-state index contributed by atoms with van der Waals surface area (Å²) in [5.41, 5.74) is 11.3. The average molecular weight is 443 g/mol. The third kappa shape index (κ3) is 4.02. The quantitative estimate of drug-likeness (QED) is 0.459. The third-order valence-corrected chi connectivity index (χ3v) is 5.86. The fourth-order valence-electron chi connectivity index (χ4n) is 4.47. The molecule has 1 aliphatic heterocycles. The van der Waals surface area contributed by atoms with Crippen LogP contribution in [-0.2, 0) is 17.9 Å². The van der Waals surface area contributed by atoms with Crippen LogP contribution in [0, 0.1) is 6.92 Å². The largest absolute Gasteiger partial charge is 0.395 e. The number of rotatable bonds is 6. The van der Waals surface area contributed by atoms with E-state index in [0.29, 0.717) is 31.4 Å². The Bertz CT molecular complexity index is 1270. The lowest BCUT2D eigenvalue weighted by atomic mass is 9.91. The molecule has 4 aromatic rings. The smallest absolute Gasteiger partial charge is 0.259 e. The van der Waals surface area contributed by atoms with E-state index in [9.17, 15) is 5.11 Å². The molecule has 0 aliphatic carbocycles. The number of methoxy groups -OCH3 is 1. The molecule has 5 rings (SSSR count). The Morgan fingerprint density at radius 2 is 1.91 bits per heavy atom. The van der Waals surface area contributed by atoms with Crippen LogP contribution in [-0.4, -0.2) is 35.5 Å². The van der Waals surface area contributed by atoms with Gasteiger partial charge in [0.2, 0.25) is 5.82 Å². The van der Waals surface area contributed by atoms with E-state index >= 15 is 0 Å². The van der Waals surface area contributed by atoms with E-state index in [-0.39, 0.29) is 6.61 Å². The van der Waals surface area contributed by atoms with E-state index in [4.69, 9.17) is 14.2 Å². The van der Waals surface area contributed by atoms with Crippen LogP contribution in [0.1, 0.15) is 16.7 Å². The molecule has 1 aromatic heterocycles. The van der Waals surface area contributed by atoms with E-state index in [1.54, 1.807) is 7.11 Å². The number of hydrazine groups is 1. The Morgan fingerprint density at radius 3 is 2.70 bits per heavy atom. The number of benzene rings is 3. The van der Waals surface area contributed by atoms with Crippen LogP contribution < -0.4 is 10.4 Å². The Kier molecular flexibility index (Phi) is 5.92. The van der Waals surface area contributed by atoms with E-state index in [2.05, 4.69) is 52.8 Å². The van der Waals surface area contributed by atoms with Crippen LogP contribution in [0.3, 0.4) is 0 Å². The maximum absolute atomic E-state index is 9.53. The number of nitrogens with zero attached hydrogens (tertiary/aromatic N) is 3. The summed E-state index contributed by atoms with van der Waals surface area (Å²) < 4.78 is 11.4. The molecule has 7 heteroatoms. The van der Waals surface area contributed by atoms with Crippen molar-refractivity contribution in [3.05, 3.63) is 77.4 Å². The summed E-state index contributed by atoms with van der Waals surface area (Å²) >= 11 is 0. The van der Waals surface area contributed by atoms with E-state index in [1.165, 1.54) is 0 Å². The van der Waals surface area contributed by atoms with Crippen molar-refractivity contribution in [2.75, 3.05) is 25.3 Å². The Hall–Kier alpha value is -3.52. The summed E-state index contributed by atoms with van der Waals surface area (Å²) in [5.74, 6) is 1.03. The Balaban J connectivity index is 1.83. The van der Waals surface area contributed by atoms with Crippen LogP contribution in [0.25, 0.3) is 34.0 Å². The molecule has 0 fully saturated rings. The highest BCUT2D eigenvalue weighted by Crippen LogP contribution is 2.42. The number of anilines is 1. The normalized spacial score (nSPS) is 12.5. The van der Waals surface area contributed by atoms with Gasteiger partial charge in [0.05, 0.1) is 31.0 Å². The highest BCUT2D eigenvalue weighted by atomic mass is 16.5. The molecule has 0 unspecified atom stereocenters. The van der Waals surface area contributed by atoms with Crippen LogP contribution in [0.4, 0.5) is 5.69 Å². The molecule has 168 valence electrons. The minimum Gasteiger partial charge on any atom is -0.395 e. The Labute approximate surface area is 192 Å². The van der Waals surface area contributed by atoms with Crippen molar-refractivity contribution in [1.29, 1.82) is 0 Å². The molecule has 0 saturated carbocycles. The molecule has 1 aliphatic rings. The molecule has 0 radical (unpaired) electrons. The number of nitrogens with one attached hydrogen (secondary N) is 1. The maximum Gasteiger partial charge on any atom is 0.259 e. The van der Waals surface area contributed by atoms with Crippen molar-refractivity contribution in [3.63, 3.8) is 0 Å². The average Bonchev–Trinajstić information content (AvgIpc) is 3.32. The minimum absolute atomic E-state index is 0.0246. The Morgan fingerprint density at radius 1 is 1.09 bits per heavy atom. The summed E-state index contributed by atoms with van der Waals surface area (Å²) in [7, 11) is 1.70. The van der Waals surface area contributed by atoms with Gasteiger partial charge in [-0.05, 0) is 41.3 Å². The van der Waals surface area contributed by atoms with Crippen molar-refractivity contribution in [1.82, 2.24) is 15.6 Å². The summed E-state index contributed by atoms with van der Waals surface area (Å²) in [6.45, 7) is 3.55. The summed E-state index contributed by atoms with van der Waals surface area (Å²) in [6, 6.07) is 20.5. The van der Waals surface area contributed by atoms with Crippen molar-refractivity contribution < 1.29 is 14.4 Å². The zero-order valence-electron chi connectivity index (χ0n) is 18.7. The molecule has 0 spiro atoms. The van der Waals surface area contributed by atoms with E-state index < -0.39 is 0 Å². The second-order valence-electron chi connectivity index (χ2n) is 8.07. The molecule has 6 bridgehead atoms. The second kappa shape index (κ2) is 9.15. The number of aliphatic hydroxyl groups excluding tert-OH is 1. The molecule has 2 heterocycles. The molecule has 2 N–H and O–H groups in total. The van der Waals surface area contributed by atoms with Gasteiger partial charge in [0.25, 0.3) is 5.89 Å². The number of fused-ring (bicyclic) bond motifs is 8. The molecule has 0 saturated heterocycles. The molecule has 0 amide bonds. The van der Waals surface area contributed by atoms with Crippen molar-refractivity contribution in [2.45, 2.75) is 20.1 Å². The highest BCUT2D eigenvalue weighted by Gasteiger charge is 2.26. The predicted molar refractivity (Wildman–Crippen MR) is 127 cm³/mol. The molecular weight excluding hydrogens is 416 g/mol. The van der Waals surface area contributed by atoms with Crippen molar-refractivity contribution in [3.8, 4) is 34.0 Å². The molecular formula is C26H26N4O3. The second-order valence-corrected chi connectivity index (χ2v) is 8.07. The van der Waals surface area contributed by atoms with Crippen LogP contribution in [0.5, 0.6) is 0 Å². The van der Waals surface area contributed by atoms with Gasteiger partial charge in [-0.15, -0.1) is 0 Å². The van der Waals surface area contributed by atoms with Gasteiger partial charge in [0.15, 0.2) is 0 Å². The topological polar surface area (TPSA) is 83.7 Å². The van der Waals surface area contributed by atoms with Gasteiger partial charge in [-0.3, -0.25) is 0 Å². The molecule has 7 nitrogen and oxygen atoms in total. The first kappa shape index (κ1) is 21.3. The van der Waals surface area contributed by atoms with E-state index in [0.717, 1.165) is 44.6 Å². The fourth-order valence-corrected chi connectivity index (χ4v) is 4.47. The summed E-state index contributed by atoms with van der Waals surface area (Å²) in [5, 5.41) is 15.9. The van der Waals surface area contributed by atoms with Gasteiger partial charge in [0, 0.05) is 24.8 Å². The van der Waals surface area contributed by atoms with Gasteiger partial charge in [-0.1, -0.05) is 53.7 Å². The lowest BCUT2D eigenvalue weighted by Crippen LogP contribution is -2.40. The van der Waals surface area contributed by atoms with Gasteiger partial charge in [0.1, 0.15) is 0 Å². The SMILES string of the molecule is COCc1cc(-c2ccccc2)c2c(C)c1N(NCCO)Cc1cccc(c1)-c1noc-2n1. The third-order valence-electron chi connectivity index (χ3n) is 5.86. The first-order chi connectivity index (χ1) is 16.2. The van der Waals surface area contributed by atoms with Crippen LogP contribution in [0.15, 0.2) is 65.2 Å². The number of hydrogen-bond acceptors (Lipinski definition) is 7. The first-order valence-electron chi connectivity index (χ1n) is 11.0. The number of aromatic nitrogens is 2. The predicted octanol–water partition coefficient (Wildman–Crippen LogP) is 4.34. The zero-order chi connectivity index (χ0) is 22.8. The molecule has 33 heavy (non-hydrogen) atoms. The van der Waals surface area contributed by atoms with Crippen molar-refractivity contribution >= 4 is 5.69 Å². The monoisotopic (exact) mass is 442 g/mol. The lowest BCUT2D eigenvalue weighted by Gasteiger charge is -2.31. The van der Waals surface area contributed by atoms with Gasteiger partial charge >= 0.3 is 0 Å². The summed E-state index contributed by atoms with van der Waals surface area (Å²) in [4.78, 5) is 4.78. The molecule has 3 aromatic carbocycles. The lowest BCUT2D eigenvalue weighted by molar-refractivity contribution is 0.185.